The monoisotopic (exact) mass is 473 g/mol. The maximum Gasteiger partial charge on any atom is 0.239 e. The molecule has 0 radical (unpaired) electrons. The number of aromatic nitrogens is 3. The van der Waals surface area contributed by atoms with Gasteiger partial charge in [0.25, 0.3) is 0 Å². The van der Waals surface area contributed by atoms with Gasteiger partial charge in [0, 0.05) is 41.5 Å². The first-order valence-corrected chi connectivity index (χ1v) is 12.2. The lowest BCUT2D eigenvalue weighted by Gasteiger charge is -2.27. The molecule has 1 aliphatic rings. The van der Waals surface area contributed by atoms with Gasteiger partial charge in [0.2, 0.25) is 5.91 Å². The van der Waals surface area contributed by atoms with Crippen molar-refractivity contribution < 1.29 is 4.79 Å². The summed E-state index contributed by atoms with van der Waals surface area (Å²) in [6.45, 7) is 4.62. The molecule has 4 heterocycles. The van der Waals surface area contributed by atoms with E-state index in [4.69, 9.17) is 0 Å². The Labute approximate surface area is 202 Å². The van der Waals surface area contributed by atoms with Crippen molar-refractivity contribution in [1.82, 2.24) is 25.8 Å². The number of nitrogens with one attached hydrogen (secondary N) is 3. The maximum absolute atomic E-state index is 11.8. The highest BCUT2D eigenvalue weighted by Crippen LogP contribution is 2.33. The van der Waals surface area contributed by atoms with Crippen molar-refractivity contribution in [2.45, 2.75) is 19.5 Å². The number of amides is 1. The molecule has 3 N–H and O–H groups in total. The zero-order chi connectivity index (χ0) is 23.5. The van der Waals surface area contributed by atoms with Gasteiger partial charge in [-0.15, -0.1) is 16.4 Å². The van der Waals surface area contributed by atoms with Crippen LogP contribution in [0.5, 0.6) is 0 Å². The van der Waals surface area contributed by atoms with E-state index < -0.39 is 0 Å². The van der Waals surface area contributed by atoms with Crippen LogP contribution in [-0.4, -0.2) is 47.8 Å². The third-order valence-electron chi connectivity index (χ3n) is 5.99. The highest BCUT2D eigenvalue weighted by molar-refractivity contribution is 7.10. The molecular weight excluding hydrogens is 446 g/mol. The van der Waals surface area contributed by atoms with Gasteiger partial charge in [0.05, 0.1) is 18.8 Å². The van der Waals surface area contributed by atoms with Crippen molar-refractivity contribution in [3.63, 3.8) is 0 Å². The lowest BCUT2D eigenvalue weighted by Crippen LogP contribution is -2.48. The van der Waals surface area contributed by atoms with E-state index in [0.717, 1.165) is 29.7 Å². The number of thiophene rings is 1. The van der Waals surface area contributed by atoms with Crippen LogP contribution in [0.3, 0.4) is 0 Å². The molecule has 4 aromatic rings. The lowest BCUT2D eigenvalue weighted by atomic mass is 10.0. The summed E-state index contributed by atoms with van der Waals surface area (Å²) in [7, 11) is 1.97. The van der Waals surface area contributed by atoms with Crippen LogP contribution < -0.4 is 20.9 Å². The number of carbonyl (C=O) groups is 1. The molecule has 1 saturated heterocycles. The minimum atomic E-state index is 0.0118. The number of piperazine rings is 1. The molecular formula is C25H27N7OS. The summed E-state index contributed by atoms with van der Waals surface area (Å²) in [5, 5.41) is 22.3. The standard InChI is InChI=1S/C25H27N7OS/c1-16(22-9-18(15-34-22)20-6-4-3-5-17(20)11-26-2)30-25-21-10-23(28-12-19(21)13-29-31-25)32-8-7-27-24(33)14-32/h3-6,9-10,12-13,15-16,26H,7-8,11,14H2,1-2H3,(H,27,33)(H,30,31). The molecule has 9 heteroatoms. The zero-order valence-electron chi connectivity index (χ0n) is 19.2. The molecule has 174 valence electrons. The van der Waals surface area contributed by atoms with Crippen molar-refractivity contribution >= 4 is 39.7 Å². The average molecular weight is 474 g/mol. The molecule has 8 nitrogen and oxygen atoms in total. The van der Waals surface area contributed by atoms with Gasteiger partial charge in [-0.3, -0.25) is 4.79 Å². The number of rotatable bonds is 7. The second kappa shape index (κ2) is 9.74. The molecule has 34 heavy (non-hydrogen) atoms. The van der Waals surface area contributed by atoms with Crippen LogP contribution in [0, 0.1) is 0 Å². The van der Waals surface area contributed by atoms with Crippen LogP contribution in [0.2, 0.25) is 0 Å². The molecule has 3 aromatic heterocycles. The Morgan fingerprint density at radius 2 is 2.12 bits per heavy atom. The number of pyridine rings is 1. The number of hydrogen-bond donors (Lipinski definition) is 3. The number of nitrogens with zero attached hydrogens (tertiary/aromatic N) is 4. The van der Waals surface area contributed by atoms with E-state index in [1.807, 2.05) is 18.0 Å². The van der Waals surface area contributed by atoms with Crippen molar-refractivity contribution in [2.24, 2.45) is 0 Å². The minimum Gasteiger partial charge on any atom is -0.361 e. The van der Waals surface area contributed by atoms with Gasteiger partial charge >= 0.3 is 0 Å². The van der Waals surface area contributed by atoms with E-state index in [-0.39, 0.29) is 11.9 Å². The summed E-state index contributed by atoms with van der Waals surface area (Å²) in [6, 6.07) is 12.8. The summed E-state index contributed by atoms with van der Waals surface area (Å²) in [4.78, 5) is 19.6. The molecule has 0 aliphatic carbocycles. The summed E-state index contributed by atoms with van der Waals surface area (Å²) >= 11 is 1.73. The van der Waals surface area contributed by atoms with E-state index in [1.54, 1.807) is 23.7 Å². The first-order valence-electron chi connectivity index (χ1n) is 11.3. The fourth-order valence-corrected chi connectivity index (χ4v) is 5.14. The number of fused-ring (bicyclic) bond motifs is 1. The maximum atomic E-state index is 11.8. The largest absolute Gasteiger partial charge is 0.361 e. The van der Waals surface area contributed by atoms with Crippen LogP contribution in [0.25, 0.3) is 21.9 Å². The number of carbonyl (C=O) groups excluding carboxylic acids is 1. The van der Waals surface area contributed by atoms with E-state index in [1.165, 1.54) is 21.6 Å². The lowest BCUT2D eigenvalue weighted by molar-refractivity contribution is -0.120. The Bertz CT molecular complexity index is 1320. The van der Waals surface area contributed by atoms with E-state index >= 15 is 0 Å². The molecule has 0 spiro atoms. The predicted molar refractivity (Wildman–Crippen MR) is 137 cm³/mol. The number of hydrogen-bond acceptors (Lipinski definition) is 8. The molecule has 1 aromatic carbocycles. The predicted octanol–water partition coefficient (Wildman–Crippen LogP) is 3.58. The minimum absolute atomic E-state index is 0.0118. The number of benzene rings is 1. The first kappa shape index (κ1) is 22.2. The summed E-state index contributed by atoms with van der Waals surface area (Å²) in [6.07, 6.45) is 3.51. The second-order valence-corrected chi connectivity index (χ2v) is 9.33. The summed E-state index contributed by atoms with van der Waals surface area (Å²) < 4.78 is 0. The topological polar surface area (TPSA) is 95.1 Å². The van der Waals surface area contributed by atoms with Crippen LogP contribution >= 0.6 is 11.3 Å². The van der Waals surface area contributed by atoms with Gasteiger partial charge in [-0.25, -0.2) is 4.98 Å². The smallest absolute Gasteiger partial charge is 0.239 e. The van der Waals surface area contributed by atoms with Gasteiger partial charge < -0.3 is 20.9 Å². The van der Waals surface area contributed by atoms with Crippen molar-refractivity contribution in [3.05, 3.63) is 64.6 Å². The van der Waals surface area contributed by atoms with Gasteiger partial charge in [-0.2, -0.15) is 5.10 Å². The first-order chi connectivity index (χ1) is 16.6. The van der Waals surface area contributed by atoms with E-state index in [9.17, 15) is 4.79 Å². The normalized spacial score (nSPS) is 14.8. The van der Waals surface area contributed by atoms with Crippen molar-refractivity contribution in [3.8, 4) is 11.1 Å². The van der Waals surface area contributed by atoms with E-state index in [0.29, 0.717) is 18.9 Å². The molecule has 1 amide bonds. The fraction of sp³-hybridized carbons (Fsp3) is 0.280. The molecule has 1 unspecified atom stereocenters. The Hall–Kier alpha value is -3.56. The Morgan fingerprint density at radius 3 is 2.97 bits per heavy atom. The van der Waals surface area contributed by atoms with Crippen LogP contribution in [-0.2, 0) is 11.3 Å². The molecule has 1 fully saturated rings. The Kier molecular flexibility index (Phi) is 6.37. The third-order valence-corrected chi connectivity index (χ3v) is 7.10. The van der Waals surface area contributed by atoms with Gasteiger partial charge in [-0.05, 0) is 48.2 Å². The number of anilines is 2. The Balaban J connectivity index is 1.40. The molecule has 0 saturated carbocycles. The fourth-order valence-electron chi connectivity index (χ4n) is 4.22. The highest BCUT2D eigenvalue weighted by Gasteiger charge is 2.19. The summed E-state index contributed by atoms with van der Waals surface area (Å²) in [5.41, 5.74) is 3.75. The van der Waals surface area contributed by atoms with Crippen LogP contribution in [0.15, 0.2) is 54.2 Å². The van der Waals surface area contributed by atoms with Gasteiger partial charge in [0.1, 0.15) is 5.82 Å². The van der Waals surface area contributed by atoms with Crippen LogP contribution in [0.4, 0.5) is 11.6 Å². The molecule has 1 atom stereocenters. The molecule has 0 bridgehead atoms. The van der Waals surface area contributed by atoms with Gasteiger partial charge in [0.15, 0.2) is 5.82 Å². The Morgan fingerprint density at radius 1 is 1.24 bits per heavy atom. The van der Waals surface area contributed by atoms with Gasteiger partial charge in [-0.1, -0.05) is 24.3 Å². The van der Waals surface area contributed by atoms with Crippen molar-refractivity contribution in [2.75, 3.05) is 36.9 Å². The molecule has 1 aliphatic heterocycles. The van der Waals surface area contributed by atoms with E-state index in [2.05, 4.69) is 73.8 Å². The van der Waals surface area contributed by atoms with Crippen LogP contribution in [0.1, 0.15) is 23.4 Å². The zero-order valence-corrected chi connectivity index (χ0v) is 20.0. The second-order valence-electron chi connectivity index (χ2n) is 8.39. The molecule has 5 rings (SSSR count). The quantitative estimate of drug-likeness (QED) is 0.378. The average Bonchev–Trinajstić information content (AvgIpc) is 3.35. The summed E-state index contributed by atoms with van der Waals surface area (Å²) in [5.74, 6) is 1.49. The SMILES string of the molecule is CNCc1ccccc1-c1csc(C(C)Nc2nncc3cnc(N4CCNC(=O)C4)cc23)c1. The third kappa shape index (κ3) is 4.57. The highest BCUT2D eigenvalue weighted by atomic mass is 32.1. The van der Waals surface area contributed by atoms with Crippen molar-refractivity contribution in [1.29, 1.82) is 0 Å².